The van der Waals surface area contributed by atoms with Gasteiger partial charge in [-0.2, -0.15) is 0 Å². The molecule has 1 aromatic carbocycles. The Morgan fingerprint density at radius 1 is 0.941 bits per heavy atom. The zero-order valence-corrected chi connectivity index (χ0v) is 9.54. The Labute approximate surface area is 101 Å². The summed E-state index contributed by atoms with van der Waals surface area (Å²) in [5.41, 5.74) is 2.51. The Kier molecular flexibility index (Phi) is 1.77. The number of hydrogen-bond acceptors (Lipinski definition) is 1. The summed E-state index contributed by atoms with van der Waals surface area (Å²) in [6.45, 7) is 0. The fourth-order valence-electron chi connectivity index (χ4n) is 3.89. The smallest absolute Gasteiger partial charge is 0.160 e. The van der Waals surface area contributed by atoms with E-state index in [1.807, 2.05) is 12.1 Å². The molecule has 1 aromatic rings. The van der Waals surface area contributed by atoms with E-state index >= 15 is 0 Å². The van der Waals surface area contributed by atoms with Crippen molar-refractivity contribution in [2.24, 2.45) is 23.7 Å². The van der Waals surface area contributed by atoms with Crippen LogP contribution < -0.4 is 0 Å². The van der Waals surface area contributed by atoms with E-state index in [0.717, 1.165) is 0 Å². The molecule has 1 fully saturated rings. The molecule has 3 aliphatic rings. The van der Waals surface area contributed by atoms with E-state index in [1.54, 1.807) is 0 Å². The third-order valence-corrected chi connectivity index (χ3v) is 4.55. The summed E-state index contributed by atoms with van der Waals surface area (Å²) in [4.78, 5) is 12.1. The molecule has 0 heterocycles. The van der Waals surface area contributed by atoms with Crippen LogP contribution in [0.3, 0.4) is 0 Å². The van der Waals surface area contributed by atoms with Gasteiger partial charge in [-0.25, -0.2) is 0 Å². The molecule has 0 radical (unpaired) electrons. The van der Waals surface area contributed by atoms with Gasteiger partial charge in [0.25, 0.3) is 0 Å². The first-order chi connectivity index (χ1) is 8.34. The Hall–Kier alpha value is -1.63. The van der Waals surface area contributed by atoms with Crippen LogP contribution in [0.2, 0.25) is 0 Å². The van der Waals surface area contributed by atoms with Crippen molar-refractivity contribution in [2.45, 2.75) is 6.42 Å². The van der Waals surface area contributed by atoms with E-state index in [9.17, 15) is 4.79 Å². The zero-order chi connectivity index (χ0) is 11.4. The predicted molar refractivity (Wildman–Crippen MR) is 67.1 cm³/mol. The van der Waals surface area contributed by atoms with Crippen LogP contribution in [0.5, 0.6) is 0 Å². The Balaban J connectivity index is 1.81. The van der Waals surface area contributed by atoms with Crippen molar-refractivity contribution in [3.8, 4) is 0 Å². The van der Waals surface area contributed by atoms with Gasteiger partial charge in [-0.3, -0.25) is 4.79 Å². The normalized spacial score (nSPS) is 37.4. The van der Waals surface area contributed by atoms with E-state index in [4.69, 9.17) is 0 Å². The highest BCUT2D eigenvalue weighted by atomic mass is 16.1. The van der Waals surface area contributed by atoms with Crippen molar-refractivity contribution >= 4 is 11.4 Å². The van der Waals surface area contributed by atoms with Gasteiger partial charge < -0.3 is 0 Å². The molecule has 0 aromatic heterocycles. The molecular formula is C16H14O. The molecule has 1 nitrogen and oxygen atoms in total. The largest absolute Gasteiger partial charge is 0.294 e. The fraction of sp³-hybridized carbons (Fsp3) is 0.312. The molecule has 0 amide bonds. The van der Waals surface area contributed by atoms with Crippen molar-refractivity contribution < 1.29 is 4.79 Å². The van der Waals surface area contributed by atoms with Crippen LogP contribution >= 0.6 is 0 Å². The SMILES string of the molecule is O=C1C=C(c2ccccc2)[C@H]2[C@@H]1[C@@H]1C=C[C@H]2C1. The highest BCUT2D eigenvalue weighted by molar-refractivity contribution is 6.05. The summed E-state index contributed by atoms with van der Waals surface area (Å²) in [7, 11) is 0. The Morgan fingerprint density at radius 3 is 2.41 bits per heavy atom. The molecular weight excluding hydrogens is 208 g/mol. The second-order valence-corrected chi connectivity index (χ2v) is 5.37. The molecule has 1 saturated carbocycles. The molecule has 0 spiro atoms. The molecule has 84 valence electrons. The molecule has 0 unspecified atom stereocenters. The Bertz CT molecular complexity index is 538. The maximum absolute atomic E-state index is 12.1. The first kappa shape index (κ1) is 9.41. The summed E-state index contributed by atoms with van der Waals surface area (Å²) in [6.07, 6.45) is 7.66. The van der Waals surface area contributed by atoms with Crippen LogP contribution in [-0.4, -0.2) is 5.78 Å². The van der Waals surface area contributed by atoms with Crippen LogP contribution in [0.4, 0.5) is 0 Å². The number of fused-ring (bicyclic) bond motifs is 5. The fourth-order valence-corrected chi connectivity index (χ4v) is 3.89. The van der Waals surface area contributed by atoms with Crippen LogP contribution in [0.25, 0.3) is 5.57 Å². The lowest BCUT2D eigenvalue weighted by molar-refractivity contribution is -0.118. The van der Waals surface area contributed by atoms with Crippen molar-refractivity contribution in [3.63, 3.8) is 0 Å². The molecule has 17 heavy (non-hydrogen) atoms. The van der Waals surface area contributed by atoms with Gasteiger partial charge in [-0.05, 0) is 35.5 Å². The number of allylic oxidation sites excluding steroid dienone is 4. The summed E-state index contributed by atoms with van der Waals surface area (Å²) < 4.78 is 0. The predicted octanol–water partition coefficient (Wildman–Crippen LogP) is 3.09. The van der Waals surface area contributed by atoms with Gasteiger partial charge in [0.15, 0.2) is 5.78 Å². The van der Waals surface area contributed by atoms with Gasteiger partial charge in [0.1, 0.15) is 0 Å². The van der Waals surface area contributed by atoms with Gasteiger partial charge in [-0.1, -0.05) is 42.5 Å². The maximum atomic E-state index is 12.1. The lowest BCUT2D eigenvalue weighted by Gasteiger charge is -2.22. The van der Waals surface area contributed by atoms with Gasteiger partial charge in [0.05, 0.1) is 0 Å². The number of hydrogen-bond donors (Lipinski definition) is 0. The third-order valence-electron chi connectivity index (χ3n) is 4.55. The number of ketones is 1. The van der Waals surface area contributed by atoms with E-state index in [1.165, 1.54) is 17.6 Å². The molecule has 4 rings (SSSR count). The summed E-state index contributed by atoms with van der Waals surface area (Å²) >= 11 is 0. The second kappa shape index (κ2) is 3.19. The molecule has 0 aliphatic heterocycles. The lowest BCUT2D eigenvalue weighted by atomic mass is 9.80. The quantitative estimate of drug-likeness (QED) is 0.667. The van der Waals surface area contributed by atoms with Crippen molar-refractivity contribution in [2.75, 3.05) is 0 Å². The first-order valence-corrected chi connectivity index (χ1v) is 6.34. The molecule has 4 atom stereocenters. The van der Waals surface area contributed by atoms with E-state index in [0.29, 0.717) is 23.5 Å². The van der Waals surface area contributed by atoms with Crippen molar-refractivity contribution in [1.29, 1.82) is 0 Å². The van der Waals surface area contributed by atoms with Gasteiger partial charge >= 0.3 is 0 Å². The molecule has 0 N–H and O–H groups in total. The second-order valence-electron chi connectivity index (χ2n) is 5.37. The average Bonchev–Trinajstić information content (AvgIpc) is 3.03. The number of rotatable bonds is 1. The standard InChI is InChI=1S/C16H14O/c17-14-9-13(10-4-2-1-3-5-10)15-11-6-7-12(8-11)16(14)15/h1-7,9,11-12,15-16H,8H2/t11-,12+,15-,16+/m0/s1. The highest BCUT2D eigenvalue weighted by Gasteiger charge is 2.52. The summed E-state index contributed by atoms with van der Waals surface area (Å²) in [5.74, 6) is 2.17. The van der Waals surface area contributed by atoms with E-state index in [2.05, 4.69) is 36.4 Å². The zero-order valence-electron chi connectivity index (χ0n) is 9.54. The van der Waals surface area contributed by atoms with Crippen molar-refractivity contribution in [3.05, 3.63) is 54.1 Å². The minimum atomic E-state index is 0.250. The van der Waals surface area contributed by atoms with Crippen LogP contribution in [0.1, 0.15) is 12.0 Å². The van der Waals surface area contributed by atoms with Crippen LogP contribution in [-0.2, 0) is 4.79 Å². The van der Waals surface area contributed by atoms with Crippen LogP contribution in [0.15, 0.2) is 48.6 Å². The number of carbonyl (C=O) groups excluding carboxylic acids is 1. The molecule has 2 bridgehead atoms. The summed E-state index contributed by atoms with van der Waals surface area (Å²) in [5, 5.41) is 0. The molecule has 0 saturated heterocycles. The van der Waals surface area contributed by atoms with Gasteiger partial charge in [0.2, 0.25) is 0 Å². The monoisotopic (exact) mass is 222 g/mol. The number of benzene rings is 1. The Morgan fingerprint density at radius 2 is 1.65 bits per heavy atom. The van der Waals surface area contributed by atoms with E-state index in [-0.39, 0.29) is 5.92 Å². The lowest BCUT2D eigenvalue weighted by Crippen LogP contribution is -2.21. The third kappa shape index (κ3) is 1.17. The van der Waals surface area contributed by atoms with E-state index < -0.39 is 0 Å². The topological polar surface area (TPSA) is 17.1 Å². The minimum absolute atomic E-state index is 0.250. The molecule has 3 aliphatic carbocycles. The minimum Gasteiger partial charge on any atom is -0.294 e. The highest BCUT2D eigenvalue weighted by Crippen LogP contribution is 2.56. The van der Waals surface area contributed by atoms with Crippen LogP contribution in [0, 0.1) is 23.7 Å². The van der Waals surface area contributed by atoms with Gasteiger partial charge in [0, 0.05) is 11.8 Å². The molecule has 1 heteroatoms. The summed E-state index contributed by atoms with van der Waals surface area (Å²) in [6, 6.07) is 10.4. The first-order valence-electron chi connectivity index (χ1n) is 6.34. The number of carbonyl (C=O) groups is 1. The van der Waals surface area contributed by atoms with Gasteiger partial charge in [-0.15, -0.1) is 0 Å². The maximum Gasteiger partial charge on any atom is 0.160 e. The average molecular weight is 222 g/mol. The van der Waals surface area contributed by atoms with Crippen molar-refractivity contribution in [1.82, 2.24) is 0 Å².